The van der Waals surface area contributed by atoms with E-state index in [-0.39, 0.29) is 11.4 Å². The zero-order valence-corrected chi connectivity index (χ0v) is 11.0. The number of nitrogens with zero attached hydrogens (tertiary/aromatic N) is 1. The molecule has 7 heteroatoms. The Morgan fingerprint density at radius 2 is 2.00 bits per heavy atom. The van der Waals surface area contributed by atoms with E-state index in [1.807, 2.05) is 0 Å². The monoisotopic (exact) mass is 290 g/mol. The van der Waals surface area contributed by atoms with Gasteiger partial charge in [-0.25, -0.2) is 4.39 Å². The van der Waals surface area contributed by atoms with E-state index in [9.17, 15) is 24.4 Å². The lowest BCUT2D eigenvalue weighted by atomic mass is 10.1. The smallest absolute Gasteiger partial charge is 0.282 e. The summed E-state index contributed by atoms with van der Waals surface area (Å²) in [6, 6.07) is 7.12. The van der Waals surface area contributed by atoms with Crippen LogP contribution in [-0.4, -0.2) is 15.9 Å². The van der Waals surface area contributed by atoms with Crippen LogP contribution in [0.1, 0.15) is 15.9 Å². The third kappa shape index (κ3) is 3.14. The summed E-state index contributed by atoms with van der Waals surface area (Å²) >= 11 is 0. The van der Waals surface area contributed by atoms with Crippen LogP contribution < -0.4 is 5.32 Å². The molecule has 0 heterocycles. The summed E-state index contributed by atoms with van der Waals surface area (Å²) in [5.74, 6) is -1.82. The summed E-state index contributed by atoms with van der Waals surface area (Å²) in [6.45, 7) is 1.75. The first-order valence-corrected chi connectivity index (χ1v) is 5.93. The molecule has 0 saturated heterocycles. The number of phenols is 1. The summed E-state index contributed by atoms with van der Waals surface area (Å²) < 4.78 is 13.2. The van der Waals surface area contributed by atoms with Crippen LogP contribution in [0.25, 0.3) is 0 Å². The number of hydrogen-bond acceptors (Lipinski definition) is 4. The second-order valence-electron chi connectivity index (χ2n) is 4.39. The summed E-state index contributed by atoms with van der Waals surface area (Å²) in [6.07, 6.45) is 0. The first-order chi connectivity index (χ1) is 9.88. The van der Waals surface area contributed by atoms with Gasteiger partial charge in [0.15, 0.2) is 0 Å². The minimum absolute atomic E-state index is 0.0872. The van der Waals surface area contributed by atoms with Crippen molar-refractivity contribution in [2.75, 3.05) is 5.32 Å². The average molecular weight is 290 g/mol. The van der Waals surface area contributed by atoms with Crippen LogP contribution in [0.15, 0.2) is 36.4 Å². The maximum absolute atomic E-state index is 13.2. The molecule has 1 amide bonds. The van der Waals surface area contributed by atoms with E-state index in [1.165, 1.54) is 12.1 Å². The molecule has 2 aromatic rings. The van der Waals surface area contributed by atoms with E-state index in [4.69, 9.17) is 0 Å². The molecule has 108 valence electrons. The Kier molecular flexibility index (Phi) is 3.84. The van der Waals surface area contributed by atoms with Gasteiger partial charge in [0.05, 0.1) is 10.6 Å². The molecule has 0 aliphatic heterocycles. The molecular weight excluding hydrogens is 279 g/mol. The van der Waals surface area contributed by atoms with Crippen LogP contribution in [0.3, 0.4) is 0 Å². The number of nitrogens with one attached hydrogen (secondary N) is 1. The Morgan fingerprint density at radius 3 is 2.62 bits per heavy atom. The number of aryl methyl sites for hydroxylation is 1. The van der Waals surface area contributed by atoms with Gasteiger partial charge < -0.3 is 10.4 Å². The van der Waals surface area contributed by atoms with Crippen molar-refractivity contribution in [2.24, 2.45) is 0 Å². The van der Waals surface area contributed by atoms with E-state index in [0.29, 0.717) is 0 Å². The van der Waals surface area contributed by atoms with Crippen molar-refractivity contribution in [2.45, 2.75) is 6.92 Å². The number of anilines is 1. The fourth-order valence-corrected chi connectivity index (χ4v) is 1.79. The maximum atomic E-state index is 13.2. The average Bonchev–Trinajstić information content (AvgIpc) is 2.41. The van der Waals surface area contributed by atoms with Crippen LogP contribution in [-0.2, 0) is 0 Å². The summed E-state index contributed by atoms with van der Waals surface area (Å²) in [5, 5.41) is 22.9. The van der Waals surface area contributed by atoms with Gasteiger partial charge in [-0.1, -0.05) is 6.07 Å². The van der Waals surface area contributed by atoms with Crippen LogP contribution in [0, 0.1) is 22.9 Å². The zero-order chi connectivity index (χ0) is 15.6. The van der Waals surface area contributed by atoms with Crippen molar-refractivity contribution in [3.63, 3.8) is 0 Å². The number of hydrogen-bond donors (Lipinski definition) is 2. The molecule has 0 radical (unpaired) electrons. The third-order valence-electron chi connectivity index (χ3n) is 2.80. The predicted molar refractivity (Wildman–Crippen MR) is 73.9 cm³/mol. The quantitative estimate of drug-likeness (QED) is 0.516. The maximum Gasteiger partial charge on any atom is 0.282 e. The van der Waals surface area contributed by atoms with E-state index in [0.717, 1.165) is 23.8 Å². The minimum Gasteiger partial charge on any atom is -0.506 e. The Morgan fingerprint density at radius 1 is 1.29 bits per heavy atom. The molecule has 2 rings (SSSR count). The summed E-state index contributed by atoms with van der Waals surface area (Å²) in [4.78, 5) is 22.1. The second-order valence-corrected chi connectivity index (χ2v) is 4.39. The number of benzene rings is 2. The fraction of sp³-hybridized carbons (Fsp3) is 0.0714. The highest BCUT2D eigenvalue weighted by Crippen LogP contribution is 2.26. The van der Waals surface area contributed by atoms with Gasteiger partial charge in [-0.15, -0.1) is 0 Å². The lowest BCUT2D eigenvalue weighted by molar-refractivity contribution is -0.385. The Balaban J connectivity index is 2.36. The minimum atomic E-state index is -0.875. The molecule has 0 spiro atoms. The molecule has 0 fully saturated rings. The third-order valence-corrected chi connectivity index (χ3v) is 2.80. The lowest BCUT2D eigenvalue weighted by Crippen LogP contribution is -2.14. The van der Waals surface area contributed by atoms with Gasteiger partial charge in [-0.2, -0.15) is 0 Å². The van der Waals surface area contributed by atoms with Gasteiger partial charge in [0.1, 0.15) is 17.1 Å². The molecule has 21 heavy (non-hydrogen) atoms. The highest BCUT2D eigenvalue weighted by Gasteiger charge is 2.21. The molecule has 0 atom stereocenters. The number of phenolic OH excluding ortho intramolecular Hbond substituents is 1. The number of rotatable bonds is 3. The largest absolute Gasteiger partial charge is 0.506 e. The summed E-state index contributed by atoms with van der Waals surface area (Å²) in [7, 11) is 0. The van der Waals surface area contributed by atoms with Crippen LogP contribution >= 0.6 is 0 Å². The molecule has 0 saturated carbocycles. The number of nitro groups is 1. The van der Waals surface area contributed by atoms with E-state index in [1.54, 1.807) is 13.0 Å². The Hall–Kier alpha value is -2.96. The van der Waals surface area contributed by atoms with Crippen molar-refractivity contribution in [3.05, 3.63) is 63.5 Å². The van der Waals surface area contributed by atoms with Crippen molar-refractivity contribution in [3.8, 4) is 5.75 Å². The SMILES string of the molecule is Cc1ccc(NC(=O)c2cc(F)ccc2[N+](=O)[O-])c(O)c1. The molecule has 0 aromatic heterocycles. The Labute approximate surface area is 119 Å². The van der Waals surface area contributed by atoms with Crippen LogP contribution in [0.4, 0.5) is 15.8 Å². The highest BCUT2D eigenvalue weighted by atomic mass is 19.1. The van der Waals surface area contributed by atoms with Gasteiger partial charge in [0.2, 0.25) is 0 Å². The van der Waals surface area contributed by atoms with Crippen LogP contribution in [0.5, 0.6) is 5.75 Å². The summed E-state index contributed by atoms with van der Waals surface area (Å²) in [5.41, 5.74) is -0.0631. The van der Waals surface area contributed by atoms with Crippen molar-refractivity contribution >= 4 is 17.3 Å². The first-order valence-electron chi connectivity index (χ1n) is 5.93. The van der Waals surface area contributed by atoms with Gasteiger partial charge in [0, 0.05) is 6.07 Å². The van der Waals surface area contributed by atoms with Crippen molar-refractivity contribution in [1.29, 1.82) is 0 Å². The number of carbonyl (C=O) groups is 1. The Bertz CT molecular complexity index is 731. The number of nitro benzene ring substituents is 1. The molecule has 2 aromatic carbocycles. The fourth-order valence-electron chi connectivity index (χ4n) is 1.79. The highest BCUT2D eigenvalue weighted by molar-refractivity contribution is 6.07. The van der Waals surface area contributed by atoms with Crippen molar-refractivity contribution in [1.82, 2.24) is 0 Å². The van der Waals surface area contributed by atoms with Gasteiger partial charge >= 0.3 is 0 Å². The number of amides is 1. The molecule has 0 aliphatic carbocycles. The molecule has 0 bridgehead atoms. The normalized spacial score (nSPS) is 10.2. The van der Waals surface area contributed by atoms with Gasteiger partial charge in [0.25, 0.3) is 11.6 Å². The van der Waals surface area contributed by atoms with E-state index in [2.05, 4.69) is 5.32 Å². The second kappa shape index (κ2) is 5.58. The molecule has 6 nitrogen and oxygen atoms in total. The van der Waals surface area contributed by atoms with E-state index >= 15 is 0 Å². The molecular formula is C14H11FN2O4. The van der Waals surface area contributed by atoms with Crippen molar-refractivity contribution < 1.29 is 19.2 Å². The predicted octanol–water partition coefficient (Wildman–Crippen LogP) is 3.00. The zero-order valence-electron chi connectivity index (χ0n) is 11.0. The van der Waals surface area contributed by atoms with Gasteiger partial charge in [-0.3, -0.25) is 14.9 Å². The molecule has 2 N–H and O–H groups in total. The first kappa shape index (κ1) is 14.4. The van der Waals surface area contributed by atoms with Crippen LogP contribution in [0.2, 0.25) is 0 Å². The topological polar surface area (TPSA) is 92.5 Å². The van der Waals surface area contributed by atoms with Gasteiger partial charge in [-0.05, 0) is 36.8 Å². The molecule has 0 unspecified atom stereocenters. The lowest BCUT2D eigenvalue weighted by Gasteiger charge is -2.08. The number of halogens is 1. The van der Waals surface area contributed by atoms with E-state index < -0.39 is 27.9 Å². The number of aromatic hydroxyl groups is 1. The standard InChI is InChI=1S/C14H11FN2O4/c1-8-2-4-11(13(18)6-8)16-14(19)10-7-9(15)3-5-12(10)17(20)21/h2-7,18H,1H3,(H,16,19). The number of carbonyl (C=O) groups excluding carboxylic acids is 1. The molecule has 0 aliphatic rings.